The first-order chi connectivity index (χ1) is 17.7. The summed E-state index contributed by atoms with van der Waals surface area (Å²) in [6.45, 7) is 6.94. The zero-order chi connectivity index (χ0) is 26.4. The van der Waals surface area contributed by atoms with Crippen LogP contribution in [0.15, 0.2) is 54.6 Å². The summed E-state index contributed by atoms with van der Waals surface area (Å²) >= 11 is 0. The van der Waals surface area contributed by atoms with E-state index in [0.717, 1.165) is 51.1 Å². The van der Waals surface area contributed by atoms with Gasteiger partial charge in [-0.25, -0.2) is 4.68 Å². The van der Waals surface area contributed by atoms with Gasteiger partial charge in [0.05, 0.1) is 22.0 Å². The Kier molecular flexibility index (Phi) is 8.45. The quantitative estimate of drug-likeness (QED) is 0.280. The fourth-order valence-electron chi connectivity index (χ4n) is 4.59. The molecule has 0 saturated carbocycles. The van der Waals surface area contributed by atoms with Gasteiger partial charge in [0, 0.05) is 24.2 Å². The summed E-state index contributed by atoms with van der Waals surface area (Å²) in [4.78, 5) is 13.1. The molecule has 0 spiro atoms. The monoisotopic (exact) mass is 517 g/mol. The van der Waals surface area contributed by atoms with Crippen molar-refractivity contribution in [3.05, 3.63) is 70.4 Å². The molecule has 37 heavy (non-hydrogen) atoms. The molecule has 0 aliphatic carbocycles. The number of hydrogen-bond acceptors (Lipinski definition) is 6. The summed E-state index contributed by atoms with van der Waals surface area (Å²) in [6, 6.07) is 13.5. The van der Waals surface area contributed by atoms with Gasteiger partial charge in [0.1, 0.15) is 5.75 Å². The van der Waals surface area contributed by atoms with Crippen molar-refractivity contribution < 1.29 is 22.8 Å². The van der Waals surface area contributed by atoms with Crippen LogP contribution >= 0.6 is 0 Å². The maximum Gasteiger partial charge on any atom is 0.573 e. The lowest BCUT2D eigenvalue weighted by atomic mass is 9.96. The van der Waals surface area contributed by atoms with E-state index in [9.17, 15) is 23.3 Å². The second-order valence-corrected chi connectivity index (χ2v) is 9.19. The molecule has 3 aromatic rings. The molecule has 0 atom stereocenters. The summed E-state index contributed by atoms with van der Waals surface area (Å²) in [5.74, 6) is 0.280. The van der Waals surface area contributed by atoms with Gasteiger partial charge in [0.25, 0.3) is 5.69 Å². The van der Waals surface area contributed by atoms with Crippen LogP contribution in [0, 0.1) is 16.0 Å². The van der Waals surface area contributed by atoms with E-state index in [2.05, 4.69) is 27.0 Å². The van der Waals surface area contributed by atoms with Crippen LogP contribution in [-0.2, 0) is 6.54 Å². The maximum atomic E-state index is 12.5. The van der Waals surface area contributed by atoms with E-state index in [1.165, 1.54) is 36.4 Å². The number of nitrogens with one attached hydrogen (secondary N) is 1. The number of alkyl halides is 3. The Balaban J connectivity index is 1.50. The van der Waals surface area contributed by atoms with Crippen molar-refractivity contribution in [3.8, 4) is 22.7 Å². The molecular weight excluding hydrogens is 487 g/mol. The predicted molar refractivity (Wildman–Crippen MR) is 133 cm³/mol. The van der Waals surface area contributed by atoms with Crippen LogP contribution in [0.4, 0.5) is 18.9 Å². The molecule has 1 aliphatic rings. The molecular formula is C26H30F3N5O3. The SMILES string of the molecule is CCCN1CCC(CNCc2cc(-c3ccc(OC(F)(F)F)cc3)nn2-c2ccc([N+](=O)[O-])cc2)CC1. The first kappa shape index (κ1) is 26.6. The third kappa shape index (κ3) is 7.30. The van der Waals surface area contributed by atoms with Crippen molar-refractivity contribution in [2.24, 2.45) is 5.92 Å². The van der Waals surface area contributed by atoms with Gasteiger partial charge in [0.2, 0.25) is 0 Å². The number of nitro benzene ring substituents is 1. The van der Waals surface area contributed by atoms with Crippen molar-refractivity contribution in [1.82, 2.24) is 20.0 Å². The number of likely N-dealkylation sites (tertiary alicyclic amines) is 1. The molecule has 8 nitrogen and oxygen atoms in total. The Labute approximate surface area is 213 Å². The molecule has 1 saturated heterocycles. The summed E-state index contributed by atoms with van der Waals surface area (Å²) in [5.41, 5.74) is 2.66. The number of rotatable bonds is 10. The van der Waals surface area contributed by atoms with Crippen molar-refractivity contribution in [2.75, 3.05) is 26.2 Å². The van der Waals surface area contributed by atoms with Gasteiger partial charge in [0.15, 0.2) is 0 Å². The summed E-state index contributed by atoms with van der Waals surface area (Å²) in [6.07, 6.45) is -1.31. The number of aromatic nitrogens is 2. The minimum absolute atomic E-state index is 0.0227. The van der Waals surface area contributed by atoms with Crippen LogP contribution in [0.1, 0.15) is 31.9 Å². The predicted octanol–water partition coefficient (Wildman–Crippen LogP) is 5.56. The fraction of sp³-hybridized carbons (Fsp3) is 0.423. The lowest BCUT2D eigenvalue weighted by Gasteiger charge is -2.31. The van der Waals surface area contributed by atoms with Crippen LogP contribution in [0.3, 0.4) is 0 Å². The molecule has 1 aliphatic heterocycles. The zero-order valence-electron chi connectivity index (χ0n) is 20.6. The van der Waals surface area contributed by atoms with Crippen LogP contribution < -0.4 is 10.1 Å². The van der Waals surface area contributed by atoms with E-state index in [1.807, 2.05) is 6.07 Å². The number of non-ortho nitro benzene ring substituents is 1. The zero-order valence-corrected chi connectivity index (χ0v) is 20.6. The number of nitro groups is 1. The third-order valence-electron chi connectivity index (χ3n) is 6.46. The largest absolute Gasteiger partial charge is 0.573 e. The number of hydrogen-bond donors (Lipinski definition) is 1. The second-order valence-electron chi connectivity index (χ2n) is 9.19. The third-order valence-corrected chi connectivity index (χ3v) is 6.46. The normalized spacial score (nSPS) is 15.1. The number of piperidine rings is 1. The highest BCUT2D eigenvalue weighted by Gasteiger charge is 2.31. The van der Waals surface area contributed by atoms with E-state index in [-0.39, 0.29) is 11.4 Å². The van der Waals surface area contributed by atoms with Gasteiger partial charge in [-0.05, 0) is 93.8 Å². The second kappa shape index (κ2) is 11.7. The van der Waals surface area contributed by atoms with E-state index >= 15 is 0 Å². The highest BCUT2D eigenvalue weighted by atomic mass is 19.4. The Morgan fingerprint density at radius 3 is 2.38 bits per heavy atom. The standard InChI is InChI=1S/C26H30F3N5O3/c1-2-13-32-14-11-19(12-15-32)17-30-18-23-16-25(20-3-9-24(10-4-20)37-26(27,28)29)31-33(23)21-5-7-22(8-6-21)34(35)36/h3-10,16,19,30H,2,11-15,17-18H2,1H3. The molecule has 1 fully saturated rings. The highest BCUT2D eigenvalue weighted by molar-refractivity contribution is 5.61. The van der Waals surface area contributed by atoms with E-state index in [0.29, 0.717) is 29.4 Å². The van der Waals surface area contributed by atoms with E-state index in [4.69, 9.17) is 0 Å². The molecule has 0 unspecified atom stereocenters. The summed E-state index contributed by atoms with van der Waals surface area (Å²) < 4.78 is 43.2. The fourth-order valence-corrected chi connectivity index (χ4v) is 4.59. The number of ether oxygens (including phenoxy) is 1. The van der Waals surface area contributed by atoms with Gasteiger partial charge >= 0.3 is 6.36 Å². The van der Waals surface area contributed by atoms with Gasteiger partial charge in [-0.2, -0.15) is 5.10 Å². The number of halogens is 3. The average molecular weight is 518 g/mol. The Morgan fingerprint density at radius 1 is 1.11 bits per heavy atom. The summed E-state index contributed by atoms with van der Waals surface area (Å²) in [5, 5.41) is 19.2. The molecule has 1 N–H and O–H groups in total. The maximum absolute atomic E-state index is 12.5. The molecule has 198 valence electrons. The highest BCUT2D eigenvalue weighted by Crippen LogP contribution is 2.28. The van der Waals surface area contributed by atoms with E-state index in [1.54, 1.807) is 16.8 Å². The van der Waals surface area contributed by atoms with Gasteiger partial charge < -0.3 is 15.0 Å². The topological polar surface area (TPSA) is 85.5 Å². The number of nitrogens with zero attached hydrogens (tertiary/aromatic N) is 4. The van der Waals surface area contributed by atoms with Crippen LogP contribution in [0.2, 0.25) is 0 Å². The van der Waals surface area contributed by atoms with Crippen molar-refractivity contribution in [1.29, 1.82) is 0 Å². The molecule has 11 heteroatoms. The first-order valence-electron chi connectivity index (χ1n) is 12.3. The van der Waals surface area contributed by atoms with Gasteiger partial charge in [-0.3, -0.25) is 10.1 Å². The van der Waals surface area contributed by atoms with Gasteiger partial charge in [-0.15, -0.1) is 13.2 Å². The Bertz CT molecular complexity index is 1170. The van der Waals surface area contributed by atoms with Crippen LogP contribution in [0.25, 0.3) is 16.9 Å². The summed E-state index contributed by atoms with van der Waals surface area (Å²) in [7, 11) is 0. The molecule has 2 heterocycles. The molecule has 0 radical (unpaired) electrons. The van der Waals surface area contributed by atoms with Gasteiger partial charge in [-0.1, -0.05) is 6.92 Å². The van der Waals surface area contributed by atoms with Crippen molar-refractivity contribution >= 4 is 5.69 Å². The Hall–Kier alpha value is -3.44. The first-order valence-corrected chi connectivity index (χ1v) is 12.3. The van der Waals surface area contributed by atoms with Crippen molar-refractivity contribution in [3.63, 3.8) is 0 Å². The molecule has 4 rings (SSSR count). The smallest absolute Gasteiger partial charge is 0.406 e. The average Bonchev–Trinajstić information content (AvgIpc) is 3.29. The minimum atomic E-state index is -4.76. The van der Waals surface area contributed by atoms with E-state index < -0.39 is 11.3 Å². The van der Waals surface area contributed by atoms with Crippen molar-refractivity contribution in [2.45, 2.75) is 39.1 Å². The molecule has 2 aromatic carbocycles. The minimum Gasteiger partial charge on any atom is -0.406 e. The molecule has 0 amide bonds. The van der Waals surface area contributed by atoms with Crippen LogP contribution in [-0.4, -0.2) is 52.1 Å². The number of benzene rings is 2. The molecule has 0 bridgehead atoms. The lowest BCUT2D eigenvalue weighted by molar-refractivity contribution is -0.384. The van der Waals surface area contributed by atoms with Crippen LogP contribution in [0.5, 0.6) is 5.75 Å². The lowest BCUT2D eigenvalue weighted by Crippen LogP contribution is -2.37. The molecule has 1 aromatic heterocycles. The Morgan fingerprint density at radius 2 is 1.78 bits per heavy atom.